The number of amides is 1. The average Bonchev–Trinajstić information content (AvgIpc) is 2.93. The van der Waals surface area contributed by atoms with Crippen LogP contribution in [0.25, 0.3) is 0 Å². The molecule has 1 heterocycles. The van der Waals surface area contributed by atoms with Crippen LogP contribution in [0.5, 0.6) is 5.75 Å². The van der Waals surface area contributed by atoms with Crippen LogP contribution in [0.4, 0.5) is 0 Å². The van der Waals surface area contributed by atoms with Gasteiger partial charge in [-0.25, -0.2) is 0 Å². The molecule has 26 heavy (non-hydrogen) atoms. The van der Waals surface area contributed by atoms with Gasteiger partial charge in [-0.05, 0) is 48.6 Å². The van der Waals surface area contributed by atoms with Gasteiger partial charge in [0.15, 0.2) is 0 Å². The molecule has 2 aromatic rings. The number of carbonyl (C=O) groups excluding carboxylic acids is 1. The zero-order valence-electron chi connectivity index (χ0n) is 15.6. The Morgan fingerprint density at radius 2 is 1.92 bits per heavy atom. The summed E-state index contributed by atoms with van der Waals surface area (Å²) >= 11 is 1.98. The summed E-state index contributed by atoms with van der Waals surface area (Å²) in [5, 5.41) is 0.496. The summed E-state index contributed by atoms with van der Waals surface area (Å²) in [6.07, 6.45) is 2.39. The van der Waals surface area contributed by atoms with Crippen LogP contribution in [0.1, 0.15) is 34.8 Å². The lowest BCUT2D eigenvalue weighted by Gasteiger charge is -2.21. The van der Waals surface area contributed by atoms with Crippen LogP contribution in [0.2, 0.25) is 0 Å². The number of rotatable bonds is 5. The summed E-state index contributed by atoms with van der Waals surface area (Å²) in [6.45, 7) is 3.89. The second-order valence-electron chi connectivity index (χ2n) is 6.73. The third-order valence-corrected chi connectivity index (χ3v) is 6.33. The molecule has 0 unspecified atom stereocenters. The molecular formula is C22H27NO2S. The molecule has 138 valence electrons. The number of nitrogens with zero attached hydrogens (tertiary/aromatic N) is 1. The Morgan fingerprint density at radius 1 is 1.15 bits per heavy atom. The predicted molar refractivity (Wildman–Crippen MR) is 109 cm³/mol. The first-order valence-electron chi connectivity index (χ1n) is 9.25. The van der Waals surface area contributed by atoms with Gasteiger partial charge in [-0.2, -0.15) is 11.8 Å². The van der Waals surface area contributed by atoms with Crippen molar-refractivity contribution >= 4 is 17.7 Å². The molecular weight excluding hydrogens is 342 g/mol. The van der Waals surface area contributed by atoms with Gasteiger partial charge in [0.2, 0.25) is 5.91 Å². The SMILES string of the molecule is COc1ccc(CCC(=O)N2CCS[C@@H](c3ccccc3C)CC2)cc1. The largest absolute Gasteiger partial charge is 0.497 e. The van der Waals surface area contributed by atoms with Crippen molar-refractivity contribution in [2.24, 2.45) is 0 Å². The lowest BCUT2D eigenvalue weighted by molar-refractivity contribution is -0.130. The number of thioether (sulfide) groups is 1. The number of aryl methyl sites for hydroxylation is 2. The lowest BCUT2D eigenvalue weighted by atomic mass is 10.0. The number of hydrogen-bond donors (Lipinski definition) is 0. The molecule has 1 amide bonds. The first kappa shape index (κ1) is 18.8. The van der Waals surface area contributed by atoms with Crippen molar-refractivity contribution in [2.75, 3.05) is 26.0 Å². The van der Waals surface area contributed by atoms with Crippen molar-refractivity contribution < 1.29 is 9.53 Å². The normalized spacial score (nSPS) is 17.6. The number of benzene rings is 2. The summed E-state index contributed by atoms with van der Waals surface area (Å²) in [5.41, 5.74) is 3.95. The van der Waals surface area contributed by atoms with Gasteiger partial charge in [-0.1, -0.05) is 36.4 Å². The van der Waals surface area contributed by atoms with E-state index in [2.05, 4.69) is 36.1 Å². The van der Waals surface area contributed by atoms with Gasteiger partial charge >= 0.3 is 0 Å². The maximum Gasteiger partial charge on any atom is 0.222 e. The molecule has 0 radical (unpaired) electrons. The molecule has 2 aromatic carbocycles. The second kappa shape index (κ2) is 9.13. The van der Waals surface area contributed by atoms with Crippen molar-refractivity contribution in [1.29, 1.82) is 0 Å². The highest BCUT2D eigenvalue weighted by molar-refractivity contribution is 7.99. The van der Waals surface area contributed by atoms with E-state index in [4.69, 9.17) is 4.74 Å². The molecule has 0 N–H and O–H groups in total. The van der Waals surface area contributed by atoms with Crippen LogP contribution < -0.4 is 4.74 Å². The topological polar surface area (TPSA) is 29.5 Å². The molecule has 0 bridgehead atoms. The lowest BCUT2D eigenvalue weighted by Crippen LogP contribution is -2.33. The highest BCUT2D eigenvalue weighted by Gasteiger charge is 2.22. The van der Waals surface area contributed by atoms with Crippen LogP contribution >= 0.6 is 11.8 Å². The van der Waals surface area contributed by atoms with Gasteiger partial charge in [0, 0.05) is 30.5 Å². The molecule has 0 spiro atoms. The fourth-order valence-electron chi connectivity index (χ4n) is 3.42. The van der Waals surface area contributed by atoms with Crippen molar-refractivity contribution in [3.8, 4) is 5.75 Å². The molecule has 4 heteroatoms. The third-order valence-electron chi connectivity index (χ3n) is 5.02. The van der Waals surface area contributed by atoms with E-state index in [1.807, 2.05) is 36.0 Å². The van der Waals surface area contributed by atoms with E-state index in [-0.39, 0.29) is 5.91 Å². The van der Waals surface area contributed by atoms with E-state index in [1.54, 1.807) is 7.11 Å². The minimum atomic E-state index is 0.270. The fraction of sp³-hybridized carbons (Fsp3) is 0.409. The van der Waals surface area contributed by atoms with E-state index in [1.165, 1.54) is 16.7 Å². The summed E-state index contributed by atoms with van der Waals surface area (Å²) < 4.78 is 5.18. The highest BCUT2D eigenvalue weighted by atomic mass is 32.2. The number of carbonyl (C=O) groups is 1. The van der Waals surface area contributed by atoms with Crippen LogP contribution in [-0.4, -0.2) is 36.8 Å². The van der Waals surface area contributed by atoms with Crippen molar-refractivity contribution in [3.05, 3.63) is 65.2 Å². The molecule has 0 saturated carbocycles. The monoisotopic (exact) mass is 369 g/mol. The minimum Gasteiger partial charge on any atom is -0.497 e. The van der Waals surface area contributed by atoms with E-state index in [0.717, 1.165) is 37.4 Å². The third kappa shape index (κ3) is 4.82. The summed E-state index contributed by atoms with van der Waals surface area (Å²) in [5.74, 6) is 2.13. The first-order valence-corrected chi connectivity index (χ1v) is 10.3. The van der Waals surface area contributed by atoms with E-state index >= 15 is 0 Å². The molecule has 0 aromatic heterocycles. The van der Waals surface area contributed by atoms with Crippen LogP contribution in [0, 0.1) is 6.92 Å². The van der Waals surface area contributed by atoms with E-state index in [0.29, 0.717) is 11.7 Å². The molecule has 1 aliphatic heterocycles. The maximum absolute atomic E-state index is 12.6. The summed E-state index contributed by atoms with van der Waals surface area (Å²) in [4.78, 5) is 14.7. The molecule has 3 rings (SSSR count). The van der Waals surface area contributed by atoms with Gasteiger partial charge in [0.05, 0.1) is 7.11 Å². The van der Waals surface area contributed by atoms with E-state index in [9.17, 15) is 4.79 Å². The minimum absolute atomic E-state index is 0.270. The Hall–Kier alpha value is -1.94. The molecule has 3 nitrogen and oxygen atoms in total. The first-order chi connectivity index (χ1) is 12.7. The van der Waals surface area contributed by atoms with Gasteiger partial charge in [-0.3, -0.25) is 4.79 Å². The smallest absolute Gasteiger partial charge is 0.222 e. The average molecular weight is 370 g/mol. The van der Waals surface area contributed by atoms with Gasteiger partial charge in [-0.15, -0.1) is 0 Å². The second-order valence-corrected chi connectivity index (χ2v) is 8.04. The summed E-state index contributed by atoms with van der Waals surface area (Å²) in [7, 11) is 1.67. The van der Waals surface area contributed by atoms with Gasteiger partial charge in [0.25, 0.3) is 0 Å². The zero-order chi connectivity index (χ0) is 18.4. The predicted octanol–water partition coefficient (Wildman–Crippen LogP) is 4.64. The maximum atomic E-state index is 12.6. The Morgan fingerprint density at radius 3 is 2.65 bits per heavy atom. The summed E-state index contributed by atoms with van der Waals surface area (Å²) in [6, 6.07) is 16.6. The van der Waals surface area contributed by atoms with E-state index < -0.39 is 0 Å². The molecule has 1 atom stereocenters. The van der Waals surface area contributed by atoms with Crippen molar-refractivity contribution in [1.82, 2.24) is 4.90 Å². The van der Waals surface area contributed by atoms with Crippen molar-refractivity contribution in [2.45, 2.75) is 31.4 Å². The number of hydrogen-bond acceptors (Lipinski definition) is 3. The quantitative estimate of drug-likeness (QED) is 0.769. The number of ether oxygens (including phenoxy) is 1. The number of methoxy groups -OCH3 is 1. The van der Waals surface area contributed by atoms with Crippen LogP contribution in [-0.2, 0) is 11.2 Å². The zero-order valence-corrected chi connectivity index (χ0v) is 16.4. The Balaban J connectivity index is 1.53. The van der Waals surface area contributed by atoms with Gasteiger partial charge in [0.1, 0.15) is 5.75 Å². The Labute approximate surface area is 160 Å². The van der Waals surface area contributed by atoms with Crippen LogP contribution in [0.15, 0.2) is 48.5 Å². The fourth-order valence-corrected chi connectivity index (χ4v) is 4.74. The van der Waals surface area contributed by atoms with Crippen LogP contribution in [0.3, 0.4) is 0 Å². The molecule has 1 fully saturated rings. The standard InChI is InChI=1S/C22H27NO2S/c1-17-5-3-4-6-20(17)21-13-14-23(15-16-26-21)22(24)12-9-18-7-10-19(25-2)11-8-18/h3-8,10-11,21H,9,12-16H2,1-2H3/t21-/m1/s1. The molecule has 1 saturated heterocycles. The Bertz CT molecular complexity index is 729. The molecule has 1 aliphatic rings. The molecule has 0 aliphatic carbocycles. The van der Waals surface area contributed by atoms with Gasteiger partial charge < -0.3 is 9.64 Å². The highest BCUT2D eigenvalue weighted by Crippen LogP contribution is 2.36. The Kier molecular flexibility index (Phi) is 6.62. The van der Waals surface area contributed by atoms with Crippen molar-refractivity contribution in [3.63, 3.8) is 0 Å².